The number of nitrogens with two attached hydrogens (primary N) is 1. The zero-order valence-electron chi connectivity index (χ0n) is 22.7. The van der Waals surface area contributed by atoms with Crippen LogP contribution in [0.2, 0.25) is 0 Å². The van der Waals surface area contributed by atoms with Crippen LogP contribution in [0.25, 0.3) is 0 Å². The molecule has 0 amide bonds. The van der Waals surface area contributed by atoms with Crippen LogP contribution >= 0.6 is 0 Å². The van der Waals surface area contributed by atoms with E-state index in [2.05, 4.69) is 0 Å². The normalized spacial score (nSPS) is 10.6. The minimum atomic E-state index is -1.19. The number of nitrogen functional groups attached to an aromatic ring is 1. The van der Waals surface area contributed by atoms with E-state index in [4.69, 9.17) is 19.9 Å². The number of ketones is 1. The van der Waals surface area contributed by atoms with Crippen molar-refractivity contribution in [3.05, 3.63) is 155 Å². The third-order valence-electron chi connectivity index (χ3n) is 6.54. The summed E-state index contributed by atoms with van der Waals surface area (Å²) in [5, 5.41) is 9.88. The molecule has 0 aliphatic heterocycles. The fourth-order valence-electron chi connectivity index (χ4n) is 4.41. The molecule has 0 saturated heterocycles. The lowest BCUT2D eigenvalue weighted by Crippen LogP contribution is -2.14. The summed E-state index contributed by atoms with van der Waals surface area (Å²) in [6, 6.07) is 36.0. The summed E-state index contributed by atoms with van der Waals surface area (Å²) in [7, 11) is 0. The Morgan fingerprint density at radius 1 is 0.548 bits per heavy atom. The summed E-state index contributed by atoms with van der Waals surface area (Å²) in [6.07, 6.45) is 0. The molecule has 0 saturated carbocycles. The molecule has 210 valence electrons. The number of carbonyl (C=O) groups is 2. The molecule has 0 atom stereocenters. The van der Waals surface area contributed by atoms with E-state index in [0.29, 0.717) is 0 Å². The average Bonchev–Trinajstić information content (AvgIpc) is 3.02. The number of ether oxygens (including phenoxy) is 3. The van der Waals surface area contributed by atoms with Gasteiger partial charge >= 0.3 is 5.97 Å². The van der Waals surface area contributed by atoms with Gasteiger partial charge in [0, 0.05) is 5.69 Å². The van der Waals surface area contributed by atoms with E-state index < -0.39 is 11.8 Å². The molecule has 0 bridgehead atoms. The van der Waals surface area contributed by atoms with Crippen molar-refractivity contribution in [3.63, 3.8) is 0 Å². The number of carbonyl (C=O) groups excluding carboxylic acids is 1. The highest BCUT2D eigenvalue weighted by Crippen LogP contribution is 2.38. The van der Waals surface area contributed by atoms with E-state index in [9.17, 15) is 14.7 Å². The van der Waals surface area contributed by atoms with E-state index in [1.165, 1.54) is 12.1 Å². The van der Waals surface area contributed by atoms with Gasteiger partial charge in [-0.25, -0.2) is 4.79 Å². The van der Waals surface area contributed by atoms with Crippen molar-refractivity contribution in [2.24, 2.45) is 0 Å². The Bertz CT molecular complexity index is 1610. The van der Waals surface area contributed by atoms with E-state index >= 15 is 0 Å². The summed E-state index contributed by atoms with van der Waals surface area (Å²) in [4.78, 5) is 26.5. The van der Waals surface area contributed by atoms with Crippen molar-refractivity contribution in [2.45, 2.75) is 19.8 Å². The molecule has 0 spiro atoms. The standard InChI is InChI=1S/C35H29NO6/c36-28-17-10-18-29(40-21-24-11-4-1-5-12-24)32(28)34(37)33-30(41-22-25-13-6-2-7-14-25)19-27(35(38)39)20-31(33)42-23-26-15-8-3-9-16-26/h1-20H,21-23,36H2,(H,38,39). The van der Waals surface area contributed by atoms with Crippen molar-refractivity contribution in [2.75, 3.05) is 5.73 Å². The third-order valence-corrected chi connectivity index (χ3v) is 6.54. The molecular weight excluding hydrogens is 530 g/mol. The first-order chi connectivity index (χ1) is 20.5. The summed E-state index contributed by atoms with van der Waals surface area (Å²) < 4.78 is 18.3. The highest BCUT2D eigenvalue weighted by Gasteiger charge is 2.28. The van der Waals surface area contributed by atoms with Gasteiger partial charge in [-0.2, -0.15) is 0 Å². The van der Waals surface area contributed by atoms with Crippen LogP contribution in [0.15, 0.2) is 121 Å². The minimum absolute atomic E-state index is 0.0503. The van der Waals surface area contributed by atoms with Gasteiger partial charge in [-0.15, -0.1) is 0 Å². The van der Waals surface area contributed by atoms with Gasteiger partial charge in [0.2, 0.25) is 5.78 Å². The molecule has 0 heterocycles. The molecule has 5 rings (SSSR count). The second kappa shape index (κ2) is 13.2. The highest BCUT2D eigenvalue weighted by atomic mass is 16.5. The largest absolute Gasteiger partial charge is 0.488 e. The zero-order valence-corrected chi connectivity index (χ0v) is 22.7. The number of anilines is 1. The van der Waals surface area contributed by atoms with Crippen LogP contribution in [-0.4, -0.2) is 16.9 Å². The Kier molecular flexibility index (Phi) is 8.79. The lowest BCUT2D eigenvalue weighted by atomic mass is 9.97. The fourth-order valence-corrected chi connectivity index (χ4v) is 4.41. The number of hydrogen-bond acceptors (Lipinski definition) is 6. The molecule has 0 radical (unpaired) electrons. The molecule has 0 fully saturated rings. The smallest absolute Gasteiger partial charge is 0.335 e. The monoisotopic (exact) mass is 559 g/mol. The van der Waals surface area contributed by atoms with Gasteiger partial charge in [0.1, 0.15) is 42.6 Å². The highest BCUT2D eigenvalue weighted by molar-refractivity contribution is 6.17. The van der Waals surface area contributed by atoms with E-state index in [1.54, 1.807) is 18.2 Å². The number of hydrogen-bond donors (Lipinski definition) is 2. The molecule has 42 heavy (non-hydrogen) atoms. The first-order valence-electron chi connectivity index (χ1n) is 13.3. The van der Waals surface area contributed by atoms with Gasteiger partial charge in [0.15, 0.2) is 0 Å². The van der Waals surface area contributed by atoms with Crippen LogP contribution in [0, 0.1) is 0 Å². The van der Waals surface area contributed by atoms with Crippen molar-refractivity contribution >= 4 is 17.4 Å². The molecule has 7 nitrogen and oxygen atoms in total. The Hall–Kier alpha value is -5.56. The topological polar surface area (TPSA) is 108 Å². The Morgan fingerprint density at radius 2 is 0.976 bits per heavy atom. The first-order valence-corrected chi connectivity index (χ1v) is 13.3. The predicted octanol–water partition coefficient (Wildman–Crippen LogP) is 6.94. The van der Waals surface area contributed by atoms with Crippen LogP contribution in [0.3, 0.4) is 0 Å². The molecule has 7 heteroatoms. The molecule has 0 aliphatic rings. The SMILES string of the molecule is Nc1cccc(OCc2ccccc2)c1C(=O)c1c(OCc2ccccc2)cc(C(=O)O)cc1OCc1ccccc1. The fraction of sp³-hybridized carbons (Fsp3) is 0.0857. The van der Waals surface area contributed by atoms with Crippen molar-refractivity contribution in [3.8, 4) is 17.2 Å². The maximum Gasteiger partial charge on any atom is 0.335 e. The first kappa shape index (κ1) is 28.0. The molecular formula is C35H29NO6. The second-order valence-electron chi connectivity index (χ2n) is 9.52. The number of carboxylic acid groups (broad SMARTS) is 1. The van der Waals surface area contributed by atoms with Gasteiger partial charge in [-0.1, -0.05) is 97.1 Å². The average molecular weight is 560 g/mol. The molecule has 0 aromatic heterocycles. The minimum Gasteiger partial charge on any atom is -0.488 e. The van der Waals surface area contributed by atoms with E-state index in [0.717, 1.165) is 16.7 Å². The lowest BCUT2D eigenvalue weighted by Gasteiger charge is -2.19. The van der Waals surface area contributed by atoms with Crippen LogP contribution < -0.4 is 19.9 Å². The van der Waals surface area contributed by atoms with Gasteiger partial charge < -0.3 is 25.1 Å². The van der Waals surface area contributed by atoms with Crippen LogP contribution in [0.1, 0.15) is 43.0 Å². The summed E-state index contributed by atoms with van der Waals surface area (Å²) in [6.45, 7) is 0.422. The maximum absolute atomic E-state index is 14.4. The maximum atomic E-state index is 14.4. The molecule has 0 aliphatic carbocycles. The quantitative estimate of drug-likeness (QED) is 0.126. The van der Waals surface area contributed by atoms with E-state index in [-0.39, 0.29) is 59.4 Å². The van der Waals surface area contributed by atoms with E-state index in [1.807, 2.05) is 91.0 Å². The van der Waals surface area contributed by atoms with Crippen LogP contribution in [0.4, 0.5) is 5.69 Å². The Morgan fingerprint density at radius 3 is 1.40 bits per heavy atom. The Labute approximate surface area is 243 Å². The third kappa shape index (κ3) is 6.77. The lowest BCUT2D eigenvalue weighted by molar-refractivity contribution is 0.0695. The van der Waals surface area contributed by atoms with Crippen molar-refractivity contribution < 1.29 is 28.9 Å². The van der Waals surface area contributed by atoms with Gasteiger partial charge in [0.25, 0.3) is 0 Å². The zero-order chi connectivity index (χ0) is 29.3. The second-order valence-corrected chi connectivity index (χ2v) is 9.52. The van der Waals surface area contributed by atoms with Crippen molar-refractivity contribution in [1.82, 2.24) is 0 Å². The van der Waals surface area contributed by atoms with Crippen molar-refractivity contribution in [1.29, 1.82) is 0 Å². The number of aromatic carboxylic acids is 1. The Balaban J connectivity index is 1.58. The van der Waals surface area contributed by atoms with Crippen LogP contribution in [-0.2, 0) is 19.8 Å². The summed E-state index contributed by atoms with van der Waals surface area (Å²) in [5.74, 6) is -1.30. The van der Waals surface area contributed by atoms with Crippen LogP contribution in [0.5, 0.6) is 17.2 Å². The predicted molar refractivity (Wildman–Crippen MR) is 160 cm³/mol. The molecule has 3 N–H and O–H groups in total. The number of rotatable bonds is 12. The van der Waals surface area contributed by atoms with Gasteiger partial charge in [0.05, 0.1) is 11.1 Å². The number of benzene rings is 5. The number of carboxylic acids is 1. The molecule has 5 aromatic rings. The molecule has 0 unspecified atom stereocenters. The van der Waals surface area contributed by atoms with Gasteiger partial charge in [-0.05, 0) is 41.0 Å². The van der Waals surface area contributed by atoms with Gasteiger partial charge in [-0.3, -0.25) is 4.79 Å². The molecule has 5 aromatic carbocycles. The summed E-state index contributed by atoms with van der Waals surface area (Å²) >= 11 is 0. The summed E-state index contributed by atoms with van der Waals surface area (Å²) in [5.41, 5.74) is 9.26.